The zero-order valence-electron chi connectivity index (χ0n) is 14.6. The molecular weight excluding hydrogens is 334 g/mol. The number of hydrogen-bond donors (Lipinski definition) is 1. The minimum Gasteiger partial charge on any atom is -0.437 e. The first-order chi connectivity index (χ1) is 12.1. The van der Waals surface area contributed by atoms with Gasteiger partial charge in [0, 0.05) is 22.5 Å². The summed E-state index contributed by atoms with van der Waals surface area (Å²) < 4.78 is 5.47. The molecular formula is C19H23N3O2S. The number of rotatable bonds is 4. The van der Waals surface area contributed by atoms with E-state index in [1.807, 2.05) is 31.2 Å². The molecule has 5 rings (SSSR count). The fourth-order valence-corrected chi connectivity index (χ4v) is 4.69. The van der Waals surface area contributed by atoms with Crippen molar-refractivity contribution >= 4 is 17.7 Å². The van der Waals surface area contributed by atoms with E-state index < -0.39 is 0 Å². The number of piperidine rings is 3. The molecule has 5 nitrogen and oxygen atoms in total. The maximum Gasteiger partial charge on any atom is 0.260 e. The fraction of sp³-hybridized carbons (Fsp3) is 0.474. The van der Waals surface area contributed by atoms with Gasteiger partial charge in [0.25, 0.3) is 11.1 Å². The van der Waals surface area contributed by atoms with E-state index in [0.29, 0.717) is 22.7 Å². The summed E-state index contributed by atoms with van der Waals surface area (Å²) in [5.74, 6) is 1.44. The minimum absolute atomic E-state index is 0.0223. The smallest absolute Gasteiger partial charge is 0.260 e. The summed E-state index contributed by atoms with van der Waals surface area (Å²) in [7, 11) is 0. The van der Waals surface area contributed by atoms with Crippen LogP contribution in [0.4, 0.5) is 0 Å². The molecule has 6 heteroatoms. The Morgan fingerprint density at radius 1 is 1.28 bits per heavy atom. The summed E-state index contributed by atoms with van der Waals surface area (Å²) in [6, 6.07) is 8.33. The van der Waals surface area contributed by atoms with E-state index in [4.69, 9.17) is 4.42 Å². The van der Waals surface area contributed by atoms with Crippen LogP contribution in [-0.2, 0) is 0 Å². The van der Waals surface area contributed by atoms with Crippen molar-refractivity contribution in [2.75, 3.05) is 13.1 Å². The Morgan fingerprint density at radius 2 is 2.00 bits per heavy atom. The third-order valence-electron chi connectivity index (χ3n) is 5.40. The number of carbonyl (C=O) groups is 1. The first-order valence-corrected chi connectivity index (χ1v) is 9.67. The number of nitrogens with one attached hydrogen (secondary N) is 1. The second-order valence-electron chi connectivity index (χ2n) is 6.98. The van der Waals surface area contributed by atoms with Crippen LogP contribution in [-0.4, -0.2) is 41.0 Å². The van der Waals surface area contributed by atoms with Crippen LogP contribution in [0.3, 0.4) is 0 Å². The van der Waals surface area contributed by atoms with E-state index in [0.717, 1.165) is 10.7 Å². The summed E-state index contributed by atoms with van der Waals surface area (Å²) in [5, 5.41) is 3.89. The Bertz CT molecular complexity index is 748. The number of aromatic nitrogens is 1. The summed E-state index contributed by atoms with van der Waals surface area (Å²) >= 11 is 1.46. The maximum absolute atomic E-state index is 12.6. The van der Waals surface area contributed by atoms with Crippen LogP contribution in [0, 0.1) is 12.8 Å². The molecule has 0 aliphatic carbocycles. The lowest BCUT2D eigenvalue weighted by Gasteiger charge is -2.49. The lowest BCUT2D eigenvalue weighted by atomic mass is 9.79. The van der Waals surface area contributed by atoms with Crippen LogP contribution in [0.15, 0.2) is 45.0 Å². The quantitative estimate of drug-likeness (QED) is 0.909. The van der Waals surface area contributed by atoms with Gasteiger partial charge in [0.2, 0.25) is 0 Å². The Labute approximate surface area is 152 Å². The number of fused-ring (bicyclic) bond motifs is 3. The van der Waals surface area contributed by atoms with Crippen molar-refractivity contribution in [1.82, 2.24) is 15.2 Å². The molecule has 0 saturated carbocycles. The Morgan fingerprint density at radius 3 is 2.60 bits per heavy atom. The van der Waals surface area contributed by atoms with Gasteiger partial charge in [-0.15, -0.1) is 0 Å². The molecule has 25 heavy (non-hydrogen) atoms. The van der Waals surface area contributed by atoms with Crippen LogP contribution in [0.25, 0.3) is 0 Å². The number of oxazole rings is 1. The molecule has 1 aromatic heterocycles. The van der Waals surface area contributed by atoms with Crippen molar-refractivity contribution in [1.29, 1.82) is 0 Å². The topological polar surface area (TPSA) is 58.4 Å². The highest BCUT2D eigenvalue weighted by Gasteiger charge is 2.40. The molecule has 2 bridgehead atoms. The lowest BCUT2D eigenvalue weighted by molar-refractivity contribution is 0.0217. The Kier molecular flexibility index (Phi) is 4.56. The van der Waals surface area contributed by atoms with Crippen molar-refractivity contribution in [3.8, 4) is 0 Å². The largest absolute Gasteiger partial charge is 0.437 e. The van der Waals surface area contributed by atoms with Gasteiger partial charge in [-0.1, -0.05) is 0 Å². The van der Waals surface area contributed by atoms with Crippen LogP contribution in [0.5, 0.6) is 0 Å². The third-order valence-corrected chi connectivity index (χ3v) is 6.27. The summed E-state index contributed by atoms with van der Waals surface area (Å²) in [6.07, 6.45) is 4.10. The van der Waals surface area contributed by atoms with E-state index in [-0.39, 0.29) is 11.9 Å². The van der Waals surface area contributed by atoms with Crippen molar-refractivity contribution < 1.29 is 9.21 Å². The average Bonchev–Trinajstić information content (AvgIpc) is 3.04. The van der Waals surface area contributed by atoms with Gasteiger partial charge in [-0.3, -0.25) is 9.69 Å². The molecule has 3 aliphatic rings. The van der Waals surface area contributed by atoms with Crippen LogP contribution in [0.1, 0.15) is 35.9 Å². The average molecular weight is 357 g/mol. The summed E-state index contributed by atoms with van der Waals surface area (Å²) in [4.78, 5) is 20.3. The highest BCUT2D eigenvalue weighted by atomic mass is 32.2. The minimum atomic E-state index is 0.0223. The van der Waals surface area contributed by atoms with Gasteiger partial charge in [-0.2, -0.15) is 0 Å². The second-order valence-corrected chi connectivity index (χ2v) is 8.00. The Balaban J connectivity index is 1.40. The van der Waals surface area contributed by atoms with Gasteiger partial charge in [-0.05, 0) is 81.7 Å². The molecule has 1 N–H and O–H groups in total. The highest BCUT2D eigenvalue weighted by Crippen LogP contribution is 2.32. The standard InChI is InChI=1S/C19H23N3O2S/c1-12-11-20-19(24-12)25-16-5-3-15(4-6-16)18(23)21-17-13(2)22-9-7-14(17)8-10-22/h3-6,11,13-14,17H,7-10H2,1-2H3,(H,21,23)/t13-,17-/m0/s1. The molecule has 3 aliphatic heterocycles. The zero-order valence-corrected chi connectivity index (χ0v) is 15.4. The van der Waals surface area contributed by atoms with Gasteiger partial charge < -0.3 is 9.73 Å². The first-order valence-electron chi connectivity index (χ1n) is 8.85. The van der Waals surface area contributed by atoms with Crippen LogP contribution < -0.4 is 5.32 Å². The normalized spacial score (nSPS) is 28.1. The van der Waals surface area contributed by atoms with E-state index >= 15 is 0 Å². The monoisotopic (exact) mass is 357 g/mol. The van der Waals surface area contributed by atoms with Gasteiger partial charge in [-0.25, -0.2) is 4.98 Å². The number of aryl methyl sites for hydroxylation is 1. The third kappa shape index (κ3) is 3.46. The van der Waals surface area contributed by atoms with Gasteiger partial charge in [0.05, 0.1) is 6.20 Å². The molecule has 0 radical (unpaired) electrons. The molecule has 1 aromatic carbocycles. The highest BCUT2D eigenvalue weighted by molar-refractivity contribution is 7.99. The lowest BCUT2D eigenvalue weighted by Crippen LogP contribution is -2.62. The number of hydrogen-bond acceptors (Lipinski definition) is 5. The van der Waals surface area contributed by atoms with Crippen molar-refractivity contribution in [3.05, 3.63) is 41.8 Å². The van der Waals surface area contributed by atoms with Gasteiger partial charge in [0.15, 0.2) is 0 Å². The fourth-order valence-electron chi connectivity index (χ4n) is 3.94. The molecule has 2 atom stereocenters. The summed E-state index contributed by atoms with van der Waals surface area (Å²) in [5.41, 5.74) is 0.705. The van der Waals surface area contributed by atoms with E-state index in [2.05, 4.69) is 22.1 Å². The number of benzene rings is 1. The van der Waals surface area contributed by atoms with E-state index in [1.54, 1.807) is 6.20 Å². The predicted molar refractivity (Wildman–Crippen MR) is 96.8 cm³/mol. The molecule has 132 valence electrons. The molecule has 4 heterocycles. The van der Waals surface area contributed by atoms with Crippen LogP contribution >= 0.6 is 11.8 Å². The predicted octanol–water partition coefficient (Wildman–Crippen LogP) is 3.35. The zero-order chi connectivity index (χ0) is 17.4. The van der Waals surface area contributed by atoms with Crippen molar-refractivity contribution in [3.63, 3.8) is 0 Å². The molecule has 2 aromatic rings. The number of carbonyl (C=O) groups excluding carboxylic acids is 1. The molecule has 0 spiro atoms. The SMILES string of the molecule is Cc1cnc(Sc2ccc(C(=O)N[C@@H]3C4CCN(CC4)[C@H]3C)cc2)o1. The van der Waals surface area contributed by atoms with Gasteiger partial charge >= 0.3 is 0 Å². The van der Waals surface area contributed by atoms with Crippen molar-refractivity contribution in [2.24, 2.45) is 5.92 Å². The first kappa shape index (κ1) is 16.7. The molecule has 0 unspecified atom stereocenters. The van der Waals surface area contributed by atoms with E-state index in [1.165, 1.54) is 37.7 Å². The van der Waals surface area contributed by atoms with Gasteiger partial charge in [0.1, 0.15) is 5.76 Å². The second kappa shape index (κ2) is 6.84. The number of nitrogens with zero attached hydrogens (tertiary/aromatic N) is 2. The van der Waals surface area contributed by atoms with Crippen LogP contribution in [0.2, 0.25) is 0 Å². The summed E-state index contributed by atoms with van der Waals surface area (Å²) in [6.45, 7) is 6.45. The Hall–Kier alpha value is -1.79. The van der Waals surface area contributed by atoms with Crippen molar-refractivity contribution in [2.45, 2.75) is 48.9 Å². The maximum atomic E-state index is 12.6. The molecule has 1 amide bonds. The van der Waals surface area contributed by atoms with E-state index in [9.17, 15) is 4.79 Å². The molecule has 3 fully saturated rings. The molecule has 3 saturated heterocycles. The number of amides is 1.